The maximum atomic E-state index is 11.2. The van der Waals surface area contributed by atoms with Gasteiger partial charge in [-0.15, -0.1) is 0 Å². The van der Waals surface area contributed by atoms with Gasteiger partial charge in [-0.1, -0.05) is 0 Å². The maximum Gasteiger partial charge on any atom is 0.320 e. The Hall–Kier alpha value is -0.640. The van der Waals surface area contributed by atoms with Crippen molar-refractivity contribution in [3.8, 4) is 0 Å². The highest BCUT2D eigenvalue weighted by molar-refractivity contribution is 5.72. The molecule has 0 saturated heterocycles. The van der Waals surface area contributed by atoms with Crippen LogP contribution in [0.5, 0.6) is 0 Å². The van der Waals surface area contributed by atoms with Gasteiger partial charge in [-0.05, 0) is 6.92 Å². The van der Waals surface area contributed by atoms with Crippen molar-refractivity contribution in [2.24, 2.45) is 0 Å². The van der Waals surface area contributed by atoms with Crippen LogP contribution in [0, 0.1) is 0 Å². The van der Waals surface area contributed by atoms with Gasteiger partial charge in [0.1, 0.15) is 12.8 Å². The number of rotatable bonds is 3. The number of hydrogen-bond donors (Lipinski definition) is 2. The summed E-state index contributed by atoms with van der Waals surface area (Å²) >= 11 is 0. The van der Waals surface area contributed by atoms with Crippen molar-refractivity contribution in [1.29, 1.82) is 0 Å². The number of alkyl halides is 1. The van der Waals surface area contributed by atoms with Gasteiger partial charge < -0.3 is 5.11 Å². The van der Waals surface area contributed by atoms with Crippen LogP contribution in [0.25, 0.3) is 0 Å². The van der Waals surface area contributed by atoms with Gasteiger partial charge in [0.15, 0.2) is 0 Å². The fourth-order valence-electron chi connectivity index (χ4n) is 0.203. The van der Waals surface area contributed by atoms with Gasteiger partial charge >= 0.3 is 5.97 Å². The first-order chi connectivity index (χ1) is 3.68. The molecule has 0 heterocycles. The minimum atomic E-state index is -1.04. The molecule has 4 heteroatoms. The quantitative estimate of drug-likeness (QED) is 0.516. The van der Waals surface area contributed by atoms with Crippen molar-refractivity contribution < 1.29 is 14.3 Å². The molecule has 3 nitrogen and oxygen atoms in total. The molecule has 0 fully saturated rings. The molecule has 0 spiro atoms. The second-order valence-corrected chi connectivity index (χ2v) is 1.40. The van der Waals surface area contributed by atoms with E-state index < -0.39 is 18.8 Å². The fraction of sp³-hybridized carbons (Fsp3) is 0.750. The monoisotopic (exact) mass is 121 g/mol. The first-order valence-electron chi connectivity index (χ1n) is 2.20. The molecular weight excluding hydrogens is 113 g/mol. The van der Waals surface area contributed by atoms with E-state index in [9.17, 15) is 9.18 Å². The van der Waals surface area contributed by atoms with Gasteiger partial charge in [-0.25, -0.2) is 4.39 Å². The zero-order valence-corrected chi connectivity index (χ0v) is 4.52. The molecule has 0 saturated carbocycles. The van der Waals surface area contributed by atoms with Crippen molar-refractivity contribution in [3.63, 3.8) is 0 Å². The predicted molar refractivity (Wildman–Crippen MR) is 26.2 cm³/mol. The van der Waals surface area contributed by atoms with Gasteiger partial charge in [0.2, 0.25) is 0 Å². The van der Waals surface area contributed by atoms with Crippen molar-refractivity contribution >= 4 is 5.97 Å². The van der Waals surface area contributed by atoms with Gasteiger partial charge in [0.05, 0.1) is 0 Å². The summed E-state index contributed by atoms with van der Waals surface area (Å²) in [6, 6.07) is -0.792. The highest BCUT2D eigenvalue weighted by Gasteiger charge is 2.07. The van der Waals surface area contributed by atoms with E-state index in [1.165, 1.54) is 6.92 Å². The molecule has 0 bridgehead atoms. The topological polar surface area (TPSA) is 49.3 Å². The molecular formula is C4H8FNO2. The van der Waals surface area contributed by atoms with Crippen LogP contribution in [0.3, 0.4) is 0 Å². The molecule has 0 aromatic carbocycles. The van der Waals surface area contributed by atoms with Crippen molar-refractivity contribution in [2.45, 2.75) is 13.0 Å². The van der Waals surface area contributed by atoms with Crippen molar-refractivity contribution in [1.82, 2.24) is 5.32 Å². The summed E-state index contributed by atoms with van der Waals surface area (Å²) in [4.78, 5) is 9.86. The van der Waals surface area contributed by atoms with E-state index in [-0.39, 0.29) is 0 Å². The van der Waals surface area contributed by atoms with Gasteiger partial charge in [-0.2, -0.15) is 0 Å². The standard InChI is InChI=1S/C4H8FNO2/c1-3(4(7)8)6-2-5/h3,6H,2H2,1H3,(H,7,8)/t3-/m0/s1. The van der Waals surface area contributed by atoms with E-state index in [0.717, 1.165) is 0 Å². The number of carboxylic acids is 1. The Kier molecular flexibility index (Phi) is 3.10. The average molecular weight is 121 g/mol. The largest absolute Gasteiger partial charge is 0.480 e. The van der Waals surface area contributed by atoms with Crippen LogP contribution in [-0.4, -0.2) is 23.9 Å². The third kappa shape index (κ3) is 2.52. The molecule has 0 rings (SSSR count). The minimum Gasteiger partial charge on any atom is -0.480 e. The average Bonchev–Trinajstić information content (AvgIpc) is 1.67. The highest BCUT2D eigenvalue weighted by atomic mass is 19.1. The predicted octanol–water partition coefficient (Wildman–Crippen LogP) is -0.0239. The Morgan fingerprint density at radius 3 is 2.62 bits per heavy atom. The number of halogens is 1. The molecule has 2 N–H and O–H groups in total. The van der Waals surface area contributed by atoms with Gasteiger partial charge in [-0.3, -0.25) is 10.1 Å². The molecule has 0 unspecified atom stereocenters. The van der Waals surface area contributed by atoms with E-state index in [1.54, 1.807) is 0 Å². The molecule has 48 valence electrons. The first kappa shape index (κ1) is 7.36. The second-order valence-electron chi connectivity index (χ2n) is 1.40. The molecule has 0 aromatic rings. The highest BCUT2D eigenvalue weighted by Crippen LogP contribution is 1.78. The fourth-order valence-corrected chi connectivity index (χ4v) is 0.203. The Morgan fingerprint density at radius 2 is 2.50 bits per heavy atom. The van der Waals surface area contributed by atoms with Gasteiger partial charge in [0.25, 0.3) is 0 Å². The van der Waals surface area contributed by atoms with Crippen LogP contribution in [-0.2, 0) is 4.79 Å². The lowest BCUT2D eigenvalue weighted by molar-refractivity contribution is -0.139. The van der Waals surface area contributed by atoms with Crippen LogP contribution < -0.4 is 5.32 Å². The van der Waals surface area contributed by atoms with Crippen LogP contribution >= 0.6 is 0 Å². The molecule has 0 radical (unpaired) electrons. The molecule has 1 atom stereocenters. The lowest BCUT2D eigenvalue weighted by Gasteiger charge is -2.01. The Morgan fingerprint density at radius 1 is 2.00 bits per heavy atom. The Balaban J connectivity index is 3.32. The van der Waals surface area contributed by atoms with E-state index >= 15 is 0 Å². The SMILES string of the molecule is C[C@H](NCF)C(=O)O. The summed E-state index contributed by atoms with van der Waals surface area (Å²) in [7, 11) is 0. The van der Waals surface area contributed by atoms with Crippen LogP contribution in [0.4, 0.5) is 4.39 Å². The van der Waals surface area contributed by atoms with E-state index in [2.05, 4.69) is 5.32 Å². The van der Waals surface area contributed by atoms with E-state index in [0.29, 0.717) is 0 Å². The summed E-state index contributed by atoms with van der Waals surface area (Å²) < 4.78 is 11.2. The third-order valence-electron chi connectivity index (χ3n) is 0.754. The number of aliphatic carboxylic acids is 1. The number of carboxylic acid groups (broad SMARTS) is 1. The normalized spacial score (nSPS) is 13.2. The number of nitrogens with one attached hydrogen (secondary N) is 1. The maximum absolute atomic E-state index is 11.2. The lowest BCUT2D eigenvalue weighted by Crippen LogP contribution is -2.32. The lowest BCUT2D eigenvalue weighted by atomic mass is 10.4. The first-order valence-corrected chi connectivity index (χ1v) is 2.20. The zero-order valence-electron chi connectivity index (χ0n) is 4.52. The van der Waals surface area contributed by atoms with E-state index in [1.807, 2.05) is 0 Å². The zero-order chi connectivity index (χ0) is 6.57. The number of hydrogen-bond acceptors (Lipinski definition) is 2. The molecule has 0 aromatic heterocycles. The molecule has 0 aliphatic carbocycles. The van der Waals surface area contributed by atoms with Crippen LogP contribution in [0.1, 0.15) is 6.92 Å². The van der Waals surface area contributed by atoms with E-state index in [4.69, 9.17) is 5.11 Å². The van der Waals surface area contributed by atoms with Crippen molar-refractivity contribution in [2.75, 3.05) is 6.80 Å². The molecule has 0 aliphatic heterocycles. The minimum absolute atomic E-state index is 0.792. The Labute approximate surface area is 46.5 Å². The summed E-state index contributed by atoms with van der Waals surface area (Å²) in [5.74, 6) is -1.04. The summed E-state index contributed by atoms with van der Waals surface area (Å²) in [6.07, 6.45) is 0. The Bertz CT molecular complexity index is 86.1. The van der Waals surface area contributed by atoms with Crippen LogP contribution in [0.2, 0.25) is 0 Å². The number of carbonyl (C=O) groups is 1. The molecule has 0 amide bonds. The van der Waals surface area contributed by atoms with Crippen molar-refractivity contribution in [3.05, 3.63) is 0 Å². The summed E-state index contributed by atoms with van der Waals surface area (Å²) in [5, 5.41) is 10.2. The third-order valence-corrected chi connectivity index (χ3v) is 0.754. The summed E-state index contributed by atoms with van der Waals surface area (Å²) in [6.45, 7) is 0.579. The summed E-state index contributed by atoms with van der Waals surface area (Å²) in [5.41, 5.74) is 0. The second kappa shape index (κ2) is 3.37. The van der Waals surface area contributed by atoms with Gasteiger partial charge in [0, 0.05) is 0 Å². The molecule has 8 heavy (non-hydrogen) atoms. The molecule has 0 aliphatic rings. The smallest absolute Gasteiger partial charge is 0.320 e. The van der Waals surface area contributed by atoms with Crippen LogP contribution in [0.15, 0.2) is 0 Å².